The Balaban J connectivity index is 1.55. The zero-order chi connectivity index (χ0) is 19.7. The number of aromatic nitrogens is 2. The summed E-state index contributed by atoms with van der Waals surface area (Å²) in [6.45, 7) is 4.00. The Labute approximate surface area is 166 Å². The van der Waals surface area contributed by atoms with Gasteiger partial charge < -0.3 is 4.98 Å². The van der Waals surface area contributed by atoms with Crippen LogP contribution in [0.25, 0.3) is 10.8 Å². The quantitative estimate of drug-likeness (QED) is 0.542. The Bertz CT molecular complexity index is 1220. The van der Waals surface area contributed by atoms with Crippen LogP contribution in [0.5, 0.6) is 0 Å². The minimum Gasteiger partial charge on any atom is -0.317 e. The average molecular weight is 389 g/mol. The van der Waals surface area contributed by atoms with Gasteiger partial charge in [0, 0.05) is 16.7 Å². The van der Waals surface area contributed by atoms with E-state index < -0.39 is 0 Å². The molecule has 0 fully saturated rings. The van der Waals surface area contributed by atoms with Crippen molar-refractivity contribution in [1.82, 2.24) is 9.97 Å². The molecule has 0 radical (unpaired) electrons. The molecule has 0 bridgehead atoms. The van der Waals surface area contributed by atoms with E-state index in [2.05, 4.69) is 46.5 Å². The molecule has 0 aliphatic heterocycles. The second-order valence-corrected chi connectivity index (χ2v) is 7.83. The Morgan fingerprint density at radius 1 is 1.11 bits per heavy atom. The number of hydrogen-bond donors (Lipinski definition) is 2. The van der Waals surface area contributed by atoms with Crippen molar-refractivity contribution in [2.75, 3.05) is 5.32 Å². The first kappa shape index (κ1) is 18.1. The molecule has 0 spiro atoms. The smallest absolute Gasteiger partial charge is 0.273 e. The standard InChI is InChI=1S/C22H19N3O2S/c1-13-7-9-15(10-8-13)11-19-14(2)23-22(28-19)25-21(27)18-12-16-5-3-4-6-17(16)20(26)24-18/h3-10,12H,11H2,1-2H3,(H,24,26)(H,23,25,27). The Morgan fingerprint density at radius 3 is 2.64 bits per heavy atom. The van der Waals surface area contributed by atoms with Gasteiger partial charge in [0.15, 0.2) is 5.13 Å². The Morgan fingerprint density at radius 2 is 1.86 bits per heavy atom. The van der Waals surface area contributed by atoms with E-state index in [0.717, 1.165) is 22.4 Å². The highest BCUT2D eigenvalue weighted by Gasteiger charge is 2.14. The van der Waals surface area contributed by atoms with E-state index in [-0.39, 0.29) is 17.2 Å². The van der Waals surface area contributed by atoms with E-state index >= 15 is 0 Å². The lowest BCUT2D eigenvalue weighted by molar-refractivity contribution is 0.102. The van der Waals surface area contributed by atoms with E-state index in [4.69, 9.17) is 0 Å². The highest BCUT2D eigenvalue weighted by Crippen LogP contribution is 2.26. The number of amides is 1. The molecule has 28 heavy (non-hydrogen) atoms. The molecule has 5 nitrogen and oxygen atoms in total. The SMILES string of the molecule is Cc1ccc(Cc2sc(NC(=O)c3cc4ccccc4c(=O)[nH]3)nc2C)cc1. The van der Waals surface area contributed by atoms with Crippen molar-refractivity contribution in [1.29, 1.82) is 0 Å². The van der Waals surface area contributed by atoms with Crippen LogP contribution in [0.4, 0.5) is 5.13 Å². The summed E-state index contributed by atoms with van der Waals surface area (Å²) in [4.78, 5) is 33.0. The monoisotopic (exact) mass is 389 g/mol. The van der Waals surface area contributed by atoms with Gasteiger partial charge in [0.25, 0.3) is 11.5 Å². The maximum atomic E-state index is 12.6. The Kier molecular flexibility index (Phi) is 4.79. The number of thiazole rings is 1. The minimum absolute atomic E-state index is 0.219. The number of rotatable bonds is 4. The predicted molar refractivity (Wildman–Crippen MR) is 113 cm³/mol. The highest BCUT2D eigenvalue weighted by molar-refractivity contribution is 7.15. The van der Waals surface area contributed by atoms with Gasteiger partial charge in [0.05, 0.1) is 5.69 Å². The second kappa shape index (κ2) is 7.40. The number of anilines is 1. The zero-order valence-electron chi connectivity index (χ0n) is 15.6. The molecule has 0 unspecified atom stereocenters. The molecule has 4 rings (SSSR count). The molecule has 2 aromatic heterocycles. The summed E-state index contributed by atoms with van der Waals surface area (Å²) in [5.74, 6) is -0.376. The van der Waals surface area contributed by atoms with Gasteiger partial charge in [0.1, 0.15) is 5.69 Å². The summed E-state index contributed by atoms with van der Waals surface area (Å²) >= 11 is 1.45. The minimum atomic E-state index is -0.376. The number of H-pyrrole nitrogens is 1. The molecule has 4 aromatic rings. The lowest BCUT2D eigenvalue weighted by Crippen LogP contribution is -2.18. The van der Waals surface area contributed by atoms with Crippen molar-refractivity contribution in [2.45, 2.75) is 20.3 Å². The molecule has 2 aromatic carbocycles. The summed E-state index contributed by atoms with van der Waals surface area (Å²) in [6.07, 6.45) is 0.770. The number of fused-ring (bicyclic) bond motifs is 1. The van der Waals surface area contributed by atoms with Crippen LogP contribution in [0.15, 0.2) is 59.4 Å². The fourth-order valence-electron chi connectivity index (χ4n) is 3.03. The molecule has 0 aliphatic rings. The van der Waals surface area contributed by atoms with Gasteiger partial charge in [-0.1, -0.05) is 48.0 Å². The number of hydrogen-bond acceptors (Lipinski definition) is 4. The number of pyridine rings is 1. The summed E-state index contributed by atoms with van der Waals surface area (Å²) in [5.41, 5.74) is 3.26. The van der Waals surface area contributed by atoms with E-state index in [0.29, 0.717) is 10.5 Å². The maximum Gasteiger partial charge on any atom is 0.273 e. The predicted octanol–water partition coefficient (Wildman–Crippen LogP) is 4.44. The van der Waals surface area contributed by atoms with Crippen molar-refractivity contribution in [3.63, 3.8) is 0 Å². The summed E-state index contributed by atoms with van der Waals surface area (Å²) < 4.78 is 0. The lowest BCUT2D eigenvalue weighted by Gasteiger charge is -2.03. The first-order valence-corrected chi connectivity index (χ1v) is 9.76. The molecular formula is C22H19N3O2S. The lowest BCUT2D eigenvalue weighted by atomic mass is 10.1. The average Bonchev–Trinajstić information content (AvgIpc) is 3.02. The highest BCUT2D eigenvalue weighted by atomic mass is 32.1. The summed E-state index contributed by atoms with van der Waals surface area (Å²) in [5, 5.41) is 4.62. The van der Waals surface area contributed by atoms with Gasteiger partial charge in [-0.3, -0.25) is 14.9 Å². The van der Waals surface area contributed by atoms with Gasteiger partial charge in [-0.15, -0.1) is 11.3 Å². The number of nitrogens with zero attached hydrogens (tertiary/aromatic N) is 1. The van der Waals surface area contributed by atoms with Gasteiger partial charge in [0.2, 0.25) is 0 Å². The third kappa shape index (κ3) is 3.73. The number of aryl methyl sites for hydroxylation is 2. The molecule has 2 heterocycles. The van der Waals surface area contributed by atoms with Crippen LogP contribution in [0, 0.1) is 13.8 Å². The number of carbonyl (C=O) groups is 1. The number of aromatic amines is 1. The summed E-state index contributed by atoms with van der Waals surface area (Å²) in [7, 11) is 0. The molecular weight excluding hydrogens is 370 g/mol. The van der Waals surface area contributed by atoms with Crippen LogP contribution in [-0.2, 0) is 6.42 Å². The van der Waals surface area contributed by atoms with Crippen LogP contribution < -0.4 is 10.9 Å². The first-order valence-electron chi connectivity index (χ1n) is 8.95. The molecule has 140 valence electrons. The van der Waals surface area contributed by atoms with E-state index in [9.17, 15) is 9.59 Å². The molecule has 0 saturated heterocycles. The second-order valence-electron chi connectivity index (χ2n) is 6.74. The van der Waals surface area contributed by atoms with Crippen LogP contribution in [0.3, 0.4) is 0 Å². The van der Waals surface area contributed by atoms with Crippen molar-refractivity contribution < 1.29 is 4.79 Å². The van der Waals surface area contributed by atoms with E-state index in [1.807, 2.05) is 19.1 Å². The van der Waals surface area contributed by atoms with Crippen LogP contribution >= 0.6 is 11.3 Å². The third-order valence-corrected chi connectivity index (χ3v) is 5.67. The topological polar surface area (TPSA) is 74.8 Å². The molecule has 0 atom stereocenters. The van der Waals surface area contributed by atoms with Crippen LogP contribution in [-0.4, -0.2) is 15.9 Å². The molecule has 0 saturated carbocycles. The molecule has 1 amide bonds. The largest absolute Gasteiger partial charge is 0.317 e. The van der Waals surface area contributed by atoms with Gasteiger partial charge in [-0.05, 0) is 36.9 Å². The zero-order valence-corrected chi connectivity index (χ0v) is 16.4. The maximum absolute atomic E-state index is 12.6. The van der Waals surface area contributed by atoms with E-state index in [1.165, 1.54) is 22.5 Å². The summed E-state index contributed by atoms with van der Waals surface area (Å²) in [6, 6.07) is 17.2. The number of nitrogens with one attached hydrogen (secondary N) is 2. The van der Waals surface area contributed by atoms with Crippen molar-refractivity contribution >= 4 is 33.1 Å². The number of carbonyl (C=O) groups excluding carboxylic acids is 1. The Hall–Kier alpha value is -3.25. The van der Waals surface area contributed by atoms with Gasteiger partial charge >= 0.3 is 0 Å². The van der Waals surface area contributed by atoms with Crippen LogP contribution in [0.2, 0.25) is 0 Å². The normalized spacial score (nSPS) is 10.9. The fourth-order valence-corrected chi connectivity index (χ4v) is 4.03. The fraction of sp³-hybridized carbons (Fsp3) is 0.136. The van der Waals surface area contributed by atoms with Crippen molar-refractivity contribution in [3.8, 4) is 0 Å². The van der Waals surface area contributed by atoms with Gasteiger partial charge in [-0.2, -0.15) is 0 Å². The number of benzene rings is 2. The van der Waals surface area contributed by atoms with Crippen LogP contribution in [0.1, 0.15) is 32.2 Å². The first-order chi connectivity index (χ1) is 13.5. The van der Waals surface area contributed by atoms with Crippen molar-refractivity contribution in [3.05, 3.63) is 92.3 Å². The molecule has 2 N–H and O–H groups in total. The van der Waals surface area contributed by atoms with Gasteiger partial charge in [-0.25, -0.2) is 4.98 Å². The van der Waals surface area contributed by atoms with E-state index in [1.54, 1.807) is 18.2 Å². The third-order valence-electron chi connectivity index (χ3n) is 4.60. The van der Waals surface area contributed by atoms with Crippen molar-refractivity contribution in [2.24, 2.45) is 0 Å². The molecule has 6 heteroatoms. The molecule has 0 aliphatic carbocycles.